The SMILES string of the molecule is Cc1ccc(Cc2nsc(N3CCN(C(=O)c4ccccc4C)[C@@H](C)C3)n2)cc1. The first kappa shape index (κ1) is 19.6. The second-order valence-corrected chi connectivity index (χ2v) is 8.49. The third-order valence-electron chi connectivity index (χ3n) is 5.47. The van der Waals surface area contributed by atoms with Crippen LogP contribution in [-0.4, -0.2) is 45.8 Å². The molecule has 5 nitrogen and oxygen atoms in total. The van der Waals surface area contributed by atoms with E-state index < -0.39 is 0 Å². The molecule has 1 aromatic heterocycles. The zero-order valence-corrected chi connectivity index (χ0v) is 17.9. The van der Waals surface area contributed by atoms with Crippen LogP contribution >= 0.6 is 11.5 Å². The van der Waals surface area contributed by atoms with Crippen molar-refractivity contribution in [2.45, 2.75) is 33.2 Å². The zero-order chi connectivity index (χ0) is 20.4. The molecule has 1 atom stereocenters. The van der Waals surface area contributed by atoms with Crippen LogP contribution in [0, 0.1) is 13.8 Å². The van der Waals surface area contributed by atoms with Crippen molar-refractivity contribution in [3.8, 4) is 0 Å². The number of carbonyl (C=O) groups is 1. The Kier molecular flexibility index (Phi) is 5.62. The van der Waals surface area contributed by atoms with Crippen molar-refractivity contribution in [1.82, 2.24) is 14.3 Å². The van der Waals surface area contributed by atoms with Crippen LogP contribution < -0.4 is 4.90 Å². The molecule has 0 unspecified atom stereocenters. The van der Waals surface area contributed by atoms with E-state index in [0.717, 1.165) is 41.6 Å². The third kappa shape index (κ3) is 4.32. The van der Waals surface area contributed by atoms with Gasteiger partial charge in [0.15, 0.2) is 0 Å². The fraction of sp³-hybridized carbons (Fsp3) is 0.348. The van der Waals surface area contributed by atoms with E-state index in [9.17, 15) is 4.79 Å². The van der Waals surface area contributed by atoms with Gasteiger partial charge in [0.2, 0.25) is 5.13 Å². The molecule has 0 radical (unpaired) electrons. The van der Waals surface area contributed by atoms with Gasteiger partial charge in [0, 0.05) is 49.2 Å². The maximum Gasteiger partial charge on any atom is 0.254 e. The summed E-state index contributed by atoms with van der Waals surface area (Å²) in [6.45, 7) is 8.44. The van der Waals surface area contributed by atoms with E-state index in [1.807, 2.05) is 36.1 Å². The van der Waals surface area contributed by atoms with Crippen LogP contribution in [0.5, 0.6) is 0 Å². The Labute approximate surface area is 176 Å². The van der Waals surface area contributed by atoms with E-state index in [0.29, 0.717) is 6.54 Å². The topological polar surface area (TPSA) is 49.3 Å². The third-order valence-corrected chi connectivity index (χ3v) is 6.29. The van der Waals surface area contributed by atoms with Crippen LogP contribution in [-0.2, 0) is 6.42 Å². The van der Waals surface area contributed by atoms with Crippen molar-refractivity contribution in [3.63, 3.8) is 0 Å². The Morgan fingerprint density at radius 2 is 1.86 bits per heavy atom. The van der Waals surface area contributed by atoms with Crippen molar-refractivity contribution in [3.05, 3.63) is 76.6 Å². The molecule has 0 bridgehead atoms. The van der Waals surface area contributed by atoms with Gasteiger partial charge in [-0.2, -0.15) is 4.37 Å². The van der Waals surface area contributed by atoms with Gasteiger partial charge in [0.25, 0.3) is 5.91 Å². The minimum Gasteiger partial charge on any atom is -0.343 e. The number of hydrogen-bond donors (Lipinski definition) is 0. The normalized spacial score (nSPS) is 16.9. The van der Waals surface area contributed by atoms with Crippen LogP contribution in [0.3, 0.4) is 0 Å². The molecule has 0 aliphatic carbocycles. The number of rotatable bonds is 4. The smallest absolute Gasteiger partial charge is 0.254 e. The largest absolute Gasteiger partial charge is 0.343 e. The maximum atomic E-state index is 13.0. The first-order valence-corrected chi connectivity index (χ1v) is 10.8. The fourth-order valence-corrected chi connectivity index (χ4v) is 4.45. The molecule has 1 aliphatic rings. The van der Waals surface area contributed by atoms with Gasteiger partial charge in [-0.05, 0) is 38.0 Å². The zero-order valence-electron chi connectivity index (χ0n) is 17.1. The van der Waals surface area contributed by atoms with Crippen molar-refractivity contribution in [2.24, 2.45) is 0 Å². The summed E-state index contributed by atoms with van der Waals surface area (Å²) in [6, 6.07) is 16.4. The van der Waals surface area contributed by atoms with E-state index in [1.165, 1.54) is 22.7 Å². The number of carbonyl (C=O) groups excluding carboxylic acids is 1. The number of piperazine rings is 1. The van der Waals surface area contributed by atoms with Crippen molar-refractivity contribution in [1.29, 1.82) is 0 Å². The highest BCUT2D eigenvalue weighted by Crippen LogP contribution is 2.24. The molecule has 0 N–H and O–H groups in total. The van der Waals surface area contributed by atoms with Gasteiger partial charge in [-0.3, -0.25) is 4.79 Å². The lowest BCUT2D eigenvalue weighted by molar-refractivity contribution is 0.0673. The molecule has 4 rings (SSSR count). The maximum absolute atomic E-state index is 13.0. The molecular weight excluding hydrogens is 380 g/mol. The van der Waals surface area contributed by atoms with E-state index in [4.69, 9.17) is 4.98 Å². The molecule has 3 aromatic rings. The number of anilines is 1. The Bertz CT molecular complexity index is 998. The highest BCUT2D eigenvalue weighted by atomic mass is 32.1. The van der Waals surface area contributed by atoms with Crippen LogP contribution in [0.25, 0.3) is 0 Å². The highest BCUT2D eigenvalue weighted by molar-refractivity contribution is 7.09. The molecule has 150 valence electrons. The van der Waals surface area contributed by atoms with E-state index in [1.54, 1.807) is 0 Å². The Morgan fingerprint density at radius 1 is 1.10 bits per heavy atom. The number of amides is 1. The second-order valence-electron chi connectivity index (χ2n) is 7.76. The van der Waals surface area contributed by atoms with Gasteiger partial charge in [-0.25, -0.2) is 4.98 Å². The van der Waals surface area contributed by atoms with Crippen LogP contribution in [0.15, 0.2) is 48.5 Å². The molecule has 1 fully saturated rings. The Hall–Kier alpha value is -2.73. The lowest BCUT2D eigenvalue weighted by Gasteiger charge is -2.39. The molecular formula is C23H26N4OS. The average Bonchev–Trinajstić information content (AvgIpc) is 3.18. The van der Waals surface area contributed by atoms with Crippen molar-refractivity contribution in [2.75, 3.05) is 24.5 Å². The highest BCUT2D eigenvalue weighted by Gasteiger charge is 2.30. The van der Waals surface area contributed by atoms with Crippen LogP contribution in [0.2, 0.25) is 0 Å². The summed E-state index contributed by atoms with van der Waals surface area (Å²) in [5, 5.41) is 0.946. The number of aryl methyl sites for hydroxylation is 2. The molecule has 0 spiro atoms. The molecule has 2 aromatic carbocycles. The Balaban J connectivity index is 1.41. The van der Waals surface area contributed by atoms with Gasteiger partial charge in [0.1, 0.15) is 5.82 Å². The summed E-state index contributed by atoms with van der Waals surface area (Å²) in [7, 11) is 0. The number of hydrogen-bond acceptors (Lipinski definition) is 5. The summed E-state index contributed by atoms with van der Waals surface area (Å²) < 4.78 is 4.56. The summed E-state index contributed by atoms with van der Waals surface area (Å²) >= 11 is 1.45. The fourth-order valence-electron chi connectivity index (χ4n) is 3.73. The van der Waals surface area contributed by atoms with E-state index in [-0.39, 0.29) is 11.9 Å². The average molecular weight is 407 g/mol. The van der Waals surface area contributed by atoms with Gasteiger partial charge < -0.3 is 9.80 Å². The van der Waals surface area contributed by atoms with Gasteiger partial charge in [0.05, 0.1) is 0 Å². The van der Waals surface area contributed by atoms with Crippen LogP contribution in [0.4, 0.5) is 5.13 Å². The minimum atomic E-state index is 0.118. The predicted molar refractivity (Wildman–Crippen MR) is 118 cm³/mol. The van der Waals surface area contributed by atoms with E-state index in [2.05, 4.69) is 47.4 Å². The summed E-state index contributed by atoms with van der Waals surface area (Å²) in [5.74, 6) is 0.979. The number of benzene rings is 2. The summed E-state index contributed by atoms with van der Waals surface area (Å²) in [6.07, 6.45) is 0.748. The molecule has 1 amide bonds. The standard InChI is InChI=1S/C23H26N4OS/c1-16-8-10-19(11-9-16)14-21-24-23(29-25-21)26-12-13-27(18(3)15-26)22(28)20-7-5-4-6-17(20)2/h4-11,18H,12-15H2,1-3H3/t18-/m0/s1. The molecule has 2 heterocycles. The van der Waals surface area contributed by atoms with Gasteiger partial charge >= 0.3 is 0 Å². The predicted octanol–water partition coefficient (Wildman–Crippen LogP) is 4.10. The molecule has 6 heteroatoms. The van der Waals surface area contributed by atoms with Gasteiger partial charge in [-0.15, -0.1) is 0 Å². The Morgan fingerprint density at radius 3 is 2.59 bits per heavy atom. The lowest BCUT2D eigenvalue weighted by atomic mass is 10.1. The minimum absolute atomic E-state index is 0.118. The molecule has 29 heavy (non-hydrogen) atoms. The summed E-state index contributed by atoms with van der Waals surface area (Å²) in [5.41, 5.74) is 4.30. The van der Waals surface area contributed by atoms with Crippen LogP contribution in [0.1, 0.15) is 39.8 Å². The van der Waals surface area contributed by atoms with Crippen molar-refractivity contribution < 1.29 is 4.79 Å². The van der Waals surface area contributed by atoms with Gasteiger partial charge in [-0.1, -0.05) is 48.0 Å². The second kappa shape index (κ2) is 8.33. The summed E-state index contributed by atoms with van der Waals surface area (Å²) in [4.78, 5) is 22.0. The molecule has 1 saturated heterocycles. The number of aromatic nitrogens is 2. The molecule has 1 aliphatic heterocycles. The first-order valence-electron chi connectivity index (χ1n) is 10.0. The monoisotopic (exact) mass is 406 g/mol. The quantitative estimate of drug-likeness (QED) is 0.655. The van der Waals surface area contributed by atoms with Crippen molar-refractivity contribution >= 4 is 22.6 Å². The number of nitrogens with zero attached hydrogens (tertiary/aromatic N) is 4. The lowest BCUT2D eigenvalue weighted by Crippen LogP contribution is -2.54. The first-order chi connectivity index (χ1) is 14.0. The van der Waals surface area contributed by atoms with E-state index >= 15 is 0 Å². The molecule has 0 saturated carbocycles.